The summed E-state index contributed by atoms with van der Waals surface area (Å²) in [6.07, 6.45) is 0.926. The van der Waals surface area contributed by atoms with Crippen LogP contribution in [0.1, 0.15) is 16.8 Å². The summed E-state index contributed by atoms with van der Waals surface area (Å²) in [5.74, 6) is 1.10. The van der Waals surface area contributed by atoms with E-state index in [9.17, 15) is 20.0 Å². The molecule has 1 heterocycles. The Balaban J connectivity index is 2.10. The van der Waals surface area contributed by atoms with Crippen LogP contribution in [0, 0.1) is 10.1 Å². The Morgan fingerprint density at radius 1 is 1.56 bits per heavy atom. The minimum atomic E-state index is -0.690. The zero-order chi connectivity index (χ0) is 13.1. The highest BCUT2D eigenvalue weighted by Crippen LogP contribution is 2.26. The zero-order valence-electron chi connectivity index (χ0n) is 9.46. The molecule has 1 aromatic carbocycles. The van der Waals surface area contributed by atoms with E-state index in [1.807, 2.05) is 0 Å². The molecule has 96 valence electrons. The third kappa shape index (κ3) is 2.73. The molecule has 0 bridgehead atoms. The van der Waals surface area contributed by atoms with Crippen molar-refractivity contribution in [2.75, 3.05) is 11.5 Å². The monoisotopic (exact) mass is 268 g/mol. The average Bonchev–Trinajstić information content (AvgIpc) is 2.81. The second kappa shape index (κ2) is 5.26. The predicted octanol–water partition coefficient (Wildman–Crippen LogP) is 1.54. The molecule has 1 aliphatic rings. The zero-order valence-corrected chi connectivity index (χ0v) is 10.3. The molecule has 1 saturated heterocycles. The lowest BCUT2D eigenvalue weighted by Crippen LogP contribution is -2.34. The van der Waals surface area contributed by atoms with Crippen molar-refractivity contribution < 1.29 is 14.8 Å². The van der Waals surface area contributed by atoms with Gasteiger partial charge in [0.2, 0.25) is 0 Å². The summed E-state index contributed by atoms with van der Waals surface area (Å²) in [5.41, 5.74) is -0.169. The maximum Gasteiger partial charge on any atom is 0.310 e. The number of phenolic OH excluding ortho intramolecular Hbond substituents is 1. The number of benzene rings is 1. The van der Waals surface area contributed by atoms with Crippen LogP contribution in [0.3, 0.4) is 0 Å². The van der Waals surface area contributed by atoms with Crippen molar-refractivity contribution >= 4 is 23.4 Å². The lowest BCUT2D eigenvalue weighted by molar-refractivity contribution is -0.385. The number of phenols is 1. The van der Waals surface area contributed by atoms with Gasteiger partial charge in [0.25, 0.3) is 5.91 Å². The third-order valence-corrected chi connectivity index (χ3v) is 3.86. The van der Waals surface area contributed by atoms with Gasteiger partial charge in [0.15, 0.2) is 5.75 Å². The van der Waals surface area contributed by atoms with Crippen molar-refractivity contribution in [2.24, 2.45) is 0 Å². The van der Waals surface area contributed by atoms with Crippen LogP contribution in [0.25, 0.3) is 0 Å². The van der Waals surface area contributed by atoms with Gasteiger partial charge in [-0.3, -0.25) is 14.9 Å². The standard InChI is InChI=1S/C11H12N2O4S/c14-10-5-7(1-2-9(10)13(16)17)11(15)12-8-3-4-18-6-8/h1-2,5,8,14H,3-4,6H2,(H,12,15). The number of hydrogen-bond acceptors (Lipinski definition) is 5. The van der Waals surface area contributed by atoms with E-state index in [1.165, 1.54) is 6.07 Å². The number of nitro groups is 1. The molecule has 1 fully saturated rings. The van der Waals surface area contributed by atoms with Crippen LogP contribution in [0.2, 0.25) is 0 Å². The lowest BCUT2D eigenvalue weighted by Gasteiger charge is -2.11. The first-order chi connectivity index (χ1) is 8.58. The van der Waals surface area contributed by atoms with E-state index in [1.54, 1.807) is 11.8 Å². The molecule has 1 atom stereocenters. The highest BCUT2D eigenvalue weighted by Gasteiger charge is 2.20. The normalized spacial score (nSPS) is 18.6. The molecule has 0 aliphatic carbocycles. The largest absolute Gasteiger partial charge is 0.502 e. The minimum Gasteiger partial charge on any atom is -0.502 e. The molecule has 2 N–H and O–H groups in total. The average molecular weight is 268 g/mol. The van der Waals surface area contributed by atoms with Gasteiger partial charge in [-0.25, -0.2) is 0 Å². The number of carbonyl (C=O) groups is 1. The van der Waals surface area contributed by atoms with E-state index < -0.39 is 16.4 Å². The van der Waals surface area contributed by atoms with E-state index in [0.29, 0.717) is 0 Å². The fraction of sp³-hybridized carbons (Fsp3) is 0.364. The fourth-order valence-electron chi connectivity index (χ4n) is 1.74. The second-order valence-corrected chi connectivity index (χ2v) is 5.14. The van der Waals surface area contributed by atoms with Gasteiger partial charge < -0.3 is 10.4 Å². The van der Waals surface area contributed by atoms with Gasteiger partial charge in [0, 0.05) is 23.4 Å². The van der Waals surface area contributed by atoms with Crippen molar-refractivity contribution in [3.05, 3.63) is 33.9 Å². The first-order valence-electron chi connectivity index (χ1n) is 5.44. The summed E-state index contributed by atoms with van der Waals surface area (Å²) in [6, 6.07) is 3.73. The van der Waals surface area contributed by atoms with Crippen LogP contribution in [0.5, 0.6) is 5.75 Å². The molecule has 7 heteroatoms. The highest BCUT2D eigenvalue weighted by molar-refractivity contribution is 7.99. The van der Waals surface area contributed by atoms with E-state index >= 15 is 0 Å². The molecule has 0 saturated carbocycles. The summed E-state index contributed by atoms with van der Waals surface area (Å²) in [5, 5.41) is 22.8. The van der Waals surface area contributed by atoms with E-state index in [4.69, 9.17) is 0 Å². The highest BCUT2D eigenvalue weighted by atomic mass is 32.2. The maximum atomic E-state index is 11.8. The Kier molecular flexibility index (Phi) is 3.71. The van der Waals surface area contributed by atoms with Crippen molar-refractivity contribution in [1.82, 2.24) is 5.32 Å². The Bertz CT molecular complexity index is 486. The molecule has 6 nitrogen and oxygen atoms in total. The van der Waals surface area contributed by atoms with Crippen molar-refractivity contribution in [3.8, 4) is 5.75 Å². The van der Waals surface area contributed by atoms with Crippen LogP contribution in [0.15, 0.2) is 18.2 Å². The predicted molar refractivity (Wildman–Crippen MR) is 68.0 cm³/mol. The van der Waals surface area contributed by atoms with E-state index in [2.05, 4.69) is 5.32 Å². The van der Waals surface area contributed by atoms with Crippen LogP contribution in [-0.2, 0) is 0 Å². The SMILES string of the molecule is O=C(NC1CCSC1)c1ccc([N+](=O)[O-])c(O)c1. The summed E-state index contributed by atoms with van der Waals surface area (Å²) in [6.45, 7) is 0. The molecule has 2 rings (SSSR count). The summed E-state index contributed by atoms with van der Waals surface area (Å²) >= 11 is 1.78. The van der Waals surface area contributed by atoms with Crippen molar-refractivity contribution in [3.63, 3.8) is 0 Å². The summed E-state index contributed by atoms with van der Waals surface area (Å²) < 4.78 is 0. The molecule has 1 aliphatic heterocycles. The van der Waals surface area contributed by atoms with Gasteiger partial charge in [-0.15, -0.1) is 0 Å². The number of rotatable bonds is 3. The maximum absolute atomic E-state index is 11.8. The van der Waals surface area contributed by atoms with Gasteiger partial charge in [-0.1, -0.05) is 0 Å². The molecular formula is C11H12N2O4S. The Morgan fingerprint density at radius 3 is 2.89 bits per heavy atom. The second-order valence-electron chi connectivity index (χ2n) is 3.99. The number of aromatic hydroxyl groups is 1. The van der Waals surface area contributed by atoms with Gasteiger partial charge >= 0.3 is 5.69 Å². The molecule has 1 amide bonds. The van der Waals surface area contributed by atoms with Gasteiger partial charge in [0.1, 0.15) is 0 Å². The number of carbonyl (C=O) groups excluding carboxylic acids is 1. The molecule has 18 heavy (non-hydrogen) atoms. The van der Waals surface area contributed by atoms with Crippen LogP contribution >= 0.6 is 11.8 Å². The topological polar surface area (TPSA) is 92.5 Å². The number of hydrogen-bond donors (Lipinski definition) is 2. The summed E-state index contributed by atoms with van der Waals surface area (Å²) in [4.78, 5) is 21.7. The third-order valence-electron chi connectivity index (χ3n) is 2.70. The molecule has 0 radical (unpaired) electrons. The number of thioether (sulfide) groups is 1. The Morgan fingerprint density at radius 2 is 2.33 bits per heavy atom. The summed E-state index contributed by atoms with van der Waals surface area (Å²) in [7, 11) is 0. The Hall–Kier alpha value is -1.76. The quantitative estimate of drug-likeness (QED) is 0.640. The van der Waals surface area contributed by atoms with Crippen molar-refractivity contribution in [2.45, 2.75) is 12.5 Å². The van der Waals surface area contributed by atoms with Crippen LogP contribution < -0.4 is 5.32 Å². The van der Waals surface area contributed by atoms with Crippen molar-refractivity contribution in [1.29, 1.82) is 0 Å². The van der Waals surface area contributed by atoms with E-state index in [-0.39, 0.29) is 17.5 Å². The van der Waals surface area contributed by atoms with Crippen LogP contribution in [-0.4, -0.2) is 33.5 Å². The molecule has 1 aromatic rings. The molecule has 1 unspecified atom stereocenters. The number of nitrogens with zero attached hydrogens (tertiary/aromatic N) is 1. The first kappa shape index (κ1) is 12.7. The van der Waals surface area contributed by atoms with Gasteiger partial charge in [-0.05, 0) is 24.3 Å². The molecular weight excluding hydrogens is 256 g/mol. The Labute approximate surface area is 108 Å². The molecule has 0 spiro atoms. The fourth-order valence-corrected chi connectivity index (χ4v) is 2.89. The van der Waals surface area contributed by atoms with Gasteiger partial charge in [0.05, 0.1) is 4.92 Å². The van der Waals surface area contributed by atoms with Gasteiger partial charge in [-0.2, -0.15) is 11.8 Å². The first-order valence-corrected chi connectivity index (χ1v) is 6.59. The lowest BCUT2D eigenvalue weighted by atomic mass is 10.1. The molecule has 0 aromatic heterocycles. The smallest absolute Gasteiger partial charge is 0.310 e. The minimum absolute atomic E-state index is 0.139. The number of nitro benzene ring substituents is 1. The number of nitrogens with one attached hydrogen (secondary N) is 1. The number of amides is 1. The van der Waals surface area contributed by atoms with Crippen LogP contribution in [0.4, 0.5) is 5.69 Å². The van der Waals surface area contributed by atoms with E-state index in [0.717, 1.165) is 30.1 Å².